The molecule has 0 atom stereocenters. The van der Waals surface area contributed by atoms with Gasteiger partial charge in [0.2, 0.25) is 0 Å². The van der Waals surface area contributed by atoms with Crippen LogP contribution in [-0.4, -0.2) is 10.3 Å². The summed E-state index contributed by atoms with van der Waals surface area (Å²) in [6, 6.07) is 6.02. The third-order valence-electron chi connectivity index (χ3n) is 1.29. The zero-order valence-electron chi connectivity index (χ0n) is 5.76. The summed E-state index contributed by atoms with van der Waals surface area (Å²) in [6.45, 7) is 0. The van der Waals surface area contributed by atoms with E-state index in [1.165, 1.54) is 5.69 Å². The van der Waals surface area contributed by atoms with Crippen molar-refractivity contribution in [2.24, 2.45) is 0 Å². The summed E-state index contributed by atoms with van der Waals surface area (Å²) in [5.41, 5.74) is 1.18. The maximum atomic E-state index is 4.20. The van der Waals surface area contributed by atoms with Crippen molar-refractivity contribution in [3.8, 4) is 0 Å². The molecule has 0 aliphatic rings. The van der Waals surface area contributed by atoms with Crippen molar-refractivity contribution in [1.82, 2.24) is 4.98 Å². The van der Waals surface area contributed by atoms with Crippen molar-refractivity contribution in [1.29, 1.82) is 0 Å². The summed E-state index contributed by atoms with van der Waals surface area (Å²) in [7, 11) is 0. The van der Waals surface area contributed by atoms with Gasteiger partial charge in [-0.25, -0.2) is 0 Å². The van der Waals surface area contributed by atoms with Crippen molar-refractivity contribution >= 4 is 15.9 Å². The van der Waals surface area contributed by atoms with Gasteiger partial charge in [-0.2, -0.15) is 0 Å². The Hall–Kier alpha value is -0.370. The van der Waals surface area contributed by atoms with Crippen LogP contribution in [0, 0.1) is 0 Å². The molecule has 1 rings (SSSR count). The van der Waals surface area contributed by atoms with E-state index in [1.54, 1.807) is 0 Å². The molecule has 10 heavy (non-hydrogen) atoms. The van der Waals surface area contributed by atoms with Crippen molar-refractivity contribution in [3.05, 3.63) is 30.1 Å². The molecule has 0 amide bonds. The minimum atomic E-state index is 1.06. The average molecular weight is 200 g/mol. The first-order valence-corrected chi connectivity index (χ1v) is 4.51. The van der Waals surface area contributed by atoms with Crippen LogP contribution in [0.4, 0.5) is 0 Å². The number of alkyl halides is 1. The minimum absolute atomic E-state index is 1.06. The lowest BCUT2D eigenvalue weighted by Crippen LogP contribution is -1.88. The summed E-state index contributed by atoms with van der Waals surface area (Å²) in [5, 5.41) is 1.06. The highest BCUT2D eigenvalue weighted by atomic mass is 79.9. The fourth-order valence-corrected chi connectivity index (χ4v) is 1.07. The number of hydrogen-bond donors (Lipinski definition) is 0. The Kier molecular flexibility index (Phi) is 3.44. The van der Waals surface area contributed by atoms with Crippen LogP contribution in [0.3, 0.4) is 0 Å². The van der Waals surface area contributed by atoms with Gasteiger partial charge in [0.1, 0.15) is 0 Å². The van der Waals surface area contributed by atoms with E-state index in [2.05, 4.69) is 27.0 Å². The van der Waals surface area contributed by atoms with Crippen LogP contribution in [0.1, 0.15) is 12.1 Å². The summed E-state index contributed by atoms with van der Waals surface area (Å²) in [5.74, 6) is 0. The summed E-state index contributed by atoms with van der Waals surface area (Å²) in [4.78, 5) is 4.20. The number of rotatable bonds is 3. The first-order chi connectivity index (χ1) is 4.93. The Morgan fingerprint density at radius 3 is 2.90 bits per heavy atom. The highest BCUT2D eigenvalue weighted by Crippen LogP contribution is 1.99. The molecular formula is C8H10BrN. The van der Waals surface area contributed by atoms with Crippen LogP contribution in [-0.2, 0) is 6.42 Å². The van der Waals surface area contributed by atoms with Gasteiger partial charge in [0.15, 0.2) is 0 Å². The Labute approximate surface area is 69.6 Å². The van der Waals surface area contributed by atoms with Gasteiger partial charge in [0.25, 0.3) is 0 Å². The second-order valence-corrected chi connectivity index (χ2v) is 2.91. The lowest BCUT2D eigenvalue weighted by atomic mass is 10.2. The van der Waals surface area contributed by atoms with Crippen LogP contribution in [0.15, 0.2) is 24.4 Å². The van der Waals surface area contributed by atoms with Crippen molar-refractivity contribution < 1.29 is 0 Å². The predicted octanol–water partition coefficient (Wildman–Crippen LogP) is 2.41. The smallest absolute Gasteiger partial charge is 0.0403 e. The van der Waals surface area contributed by atoms with E-state index in [1.807, 2.05) is 18.3 Å². The second-order valence-electron chi connectivity index (χ2n) is 2.11. The maximum Gasteiger partial charge on any atom is 0.0403 e. The van der Waals surface area contributed by atoms with E-state index in [0.29, 0.717) is 0 Å². The number of aryl methyl sites for hydroxylation is 1. The standard InChI is InChI=1S/C8H10BrN/c9-6-3-5-8-4-1-2-7-10-8/h1-2,4,7H,3,5-6H2. The first kappa shape index (κ1) is 7.73. The number of pyridine rings is 1. The van der Waals surface area contributed by atoms with Crippen LogP contribution in [0.2, 0.25) is 0 Å². The van der Waals surface area contributed by atoms with Gasteiger partial charge in [-0.15, -0.1) is 0 Å². The first-order valence-electron chi connectivity index (χ1n) is 3.39. The Morgan fingerprint density at radius 2 is 2.30 bits per heavy atom. The summed E-state index contributed by atoms with van der Waals surface area (Å²) >= 11 is 3.38. The van der Waals surface area contributed by atoms with Gasteiger partial charge < -0.3 is 0 Å². The van der Waals surface area contributed by atoms with Gasteiger partial charge in [-0.3, -0.25) is 4.98 Å². The van der Waals surface area contributed by atoms with E-state index in [4.69, 9.17) is 0 Å². The van der Waals surface area contributed by atoms with E-state index in [0.717, 1.165) is 18.2 Å². The molecule has 0 saturated heterocycles. The van der Waals surface area contributed by atoms with Crippen molar-refractivity contribution in [3.63, 3.8) is 0 Å². The second kappa shape index (κ2) is 4.45. The Morgan fingerprint density at radius 1 is 1.40 bits per heavy atom. The van der Waals surface area contributed by atoms with E-state index < -0.39 is 0 Å². The van der Waals surface area contributed by atoms with Crippen molar-refractivity contribution in [2.45, 2.75) is 12.8 Å². The molecule has 1 heterocycles. The molecule has 1 aromatic heterocycles. The van der Waals surface area contributed by atoms with Crippen LogP contribution in [0.5, 0.6) is 0 Å². The third kappa shape index (κ3) is 2.48. The monoisotopic (exact) mass is 199 g/mol. The normalized spacial score (nSPS) is 9.70. The number of nitrogens with zero attached hydrogens (tertiary/aromatic N) is 1. The molecular weight excluding hydrogens is 190 g/mol. The average Bonchev–Trinajstić information content (AvgIpc) is 2.03. The molecule has 1 aromatic rings. The molecule has 0 spiro atoms. The molecule has 0 aliphatic carbocycles. The molecule has 0 aliphatic heterocycles. The third-order valence-corrected chi connectivity index (χ3v) is 1.85. The largest absolute Gasteiger partial charge is 0.261 e. The quantitative estimate of drug-likeness (QED) is 0.682. The van der Waals surface area contributed by atoms with E-state index >= 15 is 0 Å². The Bertz CT molecular complexity index is 174. The number of hydrogen-bond acceptors (Lipinski definition) is 1. The molecule has 0 fully saturated rings. The molecule has 0 N–H and O–H groups in total. The number of halogens is 1. The molecule has 1 nitrogen and oxygen atoms in total. The molecule has 0 unspecified atom stereocenters. The van der Waals surface area contributed by atoms with E-state index in [9.17, 15) is 0 Å². The van der Waals surface area contributed by atoms with Gasteiger partial charge in [-0.1, -0.05) is 22.0 Å². The molecule has 0 radical (unpaired) electrons. The van der Waals surface area contributed by atoms with Crippen LogP contribution < -0.4 is 0 Å². The Balaban J connectivity index is 2.43. The molecule has 0 saturated carbocycles. The highest BCUT2D eigenvalue weighted by molar-refractivity contribution is 9.09. The minimum Gasteiger partial charge on any atom is -0.261 e. The molecule has 54 valence electrons. The summed E-state index contributed by atoms with van der Waals surface area (Å²) < 4.78 is 0. The molecule has 0 aromatic carbocycles. The van der Waals surface area contributed by atoms with Gasteiger partial charge in [0, 0.05) is 17.2 Å². The van der Waals surface area contributed by atoms with Crippen LogP contribution >= 0.6 is 15.9 Å². The fraction of sp³-hybridized carbons (Fsp3) is 0.375. The van der Waals surface area contributed by atoms with Gasteiger partial charge in [-0.05, 0) is 25.0 Å². The van der Waals surface area contributed by atoms with Crippen molar-refractivity contribution in [2.75, 3.05) is 5.33 Å². The lowest BCUT2D eigenvalue weighted by Gasteiger charge is -1.94. The number of aromatic nitrogens is 1. The predicted molar refractivity (Wildman–Crippen MR) is 46.4 cm³/mol. The van der Waals surface area contributed by atoms with Gasteiger partial charge >= 0.3 is 0 Å². The SMILES string of the molecule is BrCCCc1ccccn1. The fourth-order valence-electron chi connectivity index (χ4n) is 0.794. The highest BCUT2D eigenvalue weighted by Gasteiger charge is 1.89. The van der Waals surface area contributed by atoms with Gasteiger partial charge in [0.05, 0.1) is 0 Å². The molecule has 2 heteroatoms. The molecule has 0 bridgehead atoms. The summed E-state index contributed by atoms with van der Waals surface area (Å²) in [6.07, 6.45) is 4.08. The maximum absolute atomic E-state index is 4.20. The topological polar surface area (TPSA) is 12.9 Å². The van der Waals surface area contributed by atoms with E-state index in [-0.39, 0.29) is 0 Å². The lowest BCUT2D eigenvalue weighted by molar-refractivity contribution is 0.897. The zero-order valence-corrected chi connectivity index (χ0v) is 7.34. The zero-order chi connectivity index (χ0) is 7.23. The van der Waals surface area contributed by atoms with Crippen LogP contribution in [0.25, 0.3) is 0 Å².